The second-order valence-corrected chi connectivity index (χ2v) is 34.4. The predicted octanol–water partition coefficient (Wildman–Crippen LogP) is 16.7. The summed E-state index contributed by atoms with van der Waals surface area (Å²) >= 11 is 0. The summed E-state index contributed by atoms with van der Waals surface area (Å²) in [4.78, 5) is 63.1. The maximum Gasteiger partial charge on any atom is 0.222 e. The number of pyridine rings is 1. The van der Waals surface area contributed by atoms with E-state index >= 15 is 0 Å². The first-order valence-electron chi connectivity index (χ1n) is 47.4. The molecule has 8 aromatic heterocycles. The van der Waals surface area contributed by atoms with Gasteiger partial charge in [-0.2, -0.15) is 25.0 Å². The molecule has 0 aromatic carbocycles. The van der Waals surface area contributed by atoms with Crippen LogP contribution in [0.3, 0.4) is 0 Å². The molecule has 121 heavy (non-hydrogen) atoms. The van der Waals surface area contributed by atoms with Crippen molar-refractivity contribution in [2.24, 2.45) is 0 Å². The predicted molar refractivity (Wildman–Crippen MR) is 505 cm³/mol. The third-order valence-electron chi connectivity index (χ3n) is 24.1. The zero-order valence-electron chi connectivity index (χ0n) is 77.1. The van der Waals surface area contributed by atoms with Gasteiger partial charge in [-0.25, -0.2) is 29.6 Å². The number of nitrogen functional groups attached to an aromatic ring is 4. The fourth-order valence-corrected chi connectivity index (χ4v) is 16.2. The molecular formula is C94H157N27. The molecule has 8 aromatic rings. The average molecular weight is 1670 g/mol. The molecule has 4 fully saturated rings. The Kier molecular flexibility index (Phi) is 41.9. The molecule has 0 bridgehead atoms. The SMILES string of the molecule is CCCCCCC.CCCCCCC.CCCCCCC.CCCCCCC.CN1CCN(c2cc(-c3cc4c(cn3)CCCC4)nc(N)n2)CC1.CN1CCN(c2cc(-c3cc4n(c3)CCCC4)nc(N)n2)CC1.CN1CCN(c2cc(-c3cc4n(n3)CCCC4)nc(N)n2)CC1.CN1CCN(c2cc(-c3nc4n(n3)CCCC4)nc(N)n2)CC1. The Labute approximate surface area is 727 Å². The van der Waals surface area contributed by atoms with Crippen molar-refractivity contribution in [1.29, 1.82) is 0 Å². The lowest BCUT2D eigenvalue weighted by atomic mass is 9.92. The maximum atomic E-state index is 5.99. The zero-order chi connectivity index (χ0) is 86.1. The van der Waals surface area contributed by atoms with Crippen LogP contribution >= 0.6 is 0 Å². The lowest BCUT2D eigenvalue weighted by molar-refractivity contribution is 0.312. The van der Waals surface area contributed by atoms with Gasteiger partial charge in [-0.05, 0) is 135 Å². The number of hydrogen-bond acceptors (Lipinski definition) is 24. The van der Waals surface area contributed by atoms with Crippen molar-refractivity contribution in [2.75, 3.05) is 175 Å². The number of nitrogens with two attached hydrogens (primary N) is 4. The van der Waals surface area contributed by atoms with Crippen molar-refractivity contribution in [3.8, 4) is 45.6 Å². The molecule has 7 aliphatic heterocycles. The summed E-state index contributed by atoms with van der Waals surface area (Å²) in [6, 6.07) is 14.7. The molecule has 1 aliphatic carbocycles. The maximum absolute atomic E-state index is 5.99. The minimum Gasteiger partial charge on any atom is -0.368 e. The highest BCUT2D eigenvalue weighted by Gasteiger charge is 2.26. The molecule has 0 amide bonds. The first kappa shape index (κ1) is 96.2. The number of aromatic nitrogens is 15. The van der Waals surface area contributed by atoms with Crippen LogP contribution in [0.5, 0.6) is 0 Å². The summed E-state index contributed by atoms with van der Waals surface area (Å²) in [6.45, 7) is 37.0. The first-order valence-corrected chi connectivity index (χ1v) is 47.4. The van der Waals surface area contributed by atoms with Crippen LogP contribution < -0.4 is 42.5 Å². The summed E-state index contributed by atoms with van der Waals surface area (Å²) in [6.07, 6.45) is 47.6. The number of unbranched alkanes of at least 4 members (excludes halogenated alkanes) is 16. The van der Waals surface area contributed by atoms with E-state index in [4.69, 9.17) is 28.0 Å². The Morgan fingerprint density at radius 2 is 0.636 bits per heavy atom. The number of anilines is 8. The van der Waals surface area contributed by atoms with E-state index < -0.39 is 0 Å². The van der Waals surface area contributed by atoms with Crippen LogP contribution in [0.4, 0.5) is 47.1 Å². The van der Waals surface area contributed by atoms with E-state index in [1.165, 1.54) is 196 Å². The largest absolute Gasteiger partial charge is 0.368 e. The van der Waals surface area contributed by atoms with Gasteiger partial charge in [0, 0.05) is 184 Å². The fourth-order valence-electron chi connectivity index (χ4n) is 16.2. The van der Waals surface area contributed by atoms with Crippen LogP contribution in [0.1, 0.15) is 264 Å². The summed E-state index contributed by atoms with van der Waals surface area (Å²) in [5.74, 6) is 6.62. The fraction of sp³-hybridized carbons (Fsp3) is 0.681. The van der Waals surface area contributed by atoms with Crippen LogP contribution in [0.25, 0.3) is 45.6 Å². The van der Waals surface area contributed by atoms with Gasteiger partial charge in [0.2, 0.25) is 23.8 Å². The molecule has 0 radical (unpaired) electrons. The highest BCUT2D eigenvalue weighted by Crippen LogP contribution is 2.32. The van der Waals surface area contributed by atoms with Crippen LogP contribution in [0.2, 0.25) is 0 Å². The molecule has 4 saturated heterocycles. The Morgan fingerprint density at radius 1 is 0.281 bits per heavy atom. The summed E-state index contributed by atoms with van der Waals surface area (Å²) in [5.41, 5.74) is 35.6. The van der Waals surface area contributed by atoms with E-state index in [1.54, 1.807) is 0 Å². The Balaban J connectivity index is 0.000000166. The van der Waals surface area contributed by atoms with Crippen molar-refractivity contribution < 1.29 is 0 Å². The average Bonchev–Trinajstić information content (AvgIpc) is 0.930. The number of nitrogens with zero attached hydrogens (tertiary/aromatic N) is 23. The second-order valence-electron chi connectivity index (χ2n) is 34.4. The molecule has 8 aliphatic rings. The Hall–Kier alpha value is -8.66. The molecule has 15 heterocycles. The monoisotopic (exact) mass is 1660 g/mol. The summed E-state index contributed by atoms with van der Waals surface area (Å²) in [7, 11) is 8.58. The van der Waals surface area contributed by atoms with E-state index in [2.05, 4.69) is 217 Å². The number of fused-ring (bicyclic) bond motifs is 4. The van der Waals surface area contributed by atoms with Gasteiger partial charge < -0.3 is 66.7 Å². The molecule has 0 unspecified atom stereocenters. The van der Waals surface area contributed by atoms with Crippen molar-refractivity contribution in [1.82, 2.24) is 93.6 Å². The van der Waals surface area contributed by atoms with Gasteiger partial charge in [-0.15, -0.1) is 5.10 Å². The summed E-state index contributed by atoms with van der Waals surface area (Å²) in [5, 5.41) is 9.30. The van der Waals surface area contributed by atoms with Gasteiger partial charge in [-0.1, -0.05) is 184 Å². The van der Waals surface area contributed by atoms with E-state index in [9.17, 15) is 0 Å². The molecule has 27 heteroatoms. The minimum absolute atomic E-state index is 0.282. The van der Waals surface area contributed by atoms with E-state index in [1.807, 2.05) is 29.1 Å². The number of piperazine rings is 4. The highest BCUT2D eigenvalue weighted by atomic mass is 15.4. The Morgan fingerprint density at radius 3 is 1.05 bits per heavy atom. The number of hydrogen-bond donors (Lipinski definition) is 4. The van der Waals surface area contributed by atoms with Gasteiger partial charge in [0.05, 0.1) is 22.8 Å². The van der Waals surface area contributed by atoms with Crippen molar-refractivity contribution in [3.63, 3.8) is 0 Å². The van der Waals surface area contributed by atoms with Gasteiger partial charge in [0.1, 0.15) is 40.5 Å². The summed E-state index contributed by atoms with van der Waals surface area (Å²) < 4.78 is 6.45. The highest BCUT2D eigenvalue weighted by molar-refractivity contribution is 5.67. The third kappa shape index (κ3) is 31.9. The molecule has 0 atom stereocenters. The molecule has 0 spiro atoms. The first-order chi connectivity index (χ1) is 58.9. The second kappa shape index (κ2) is 52.7. The van der Waals surface area contributed by atoms with Crippen molar-refractivity contribution in [3.05, 3.63) is 83.2 Å². The molecular weight excluding hydrogens is 1510 g/mol. The quantitative estimate of drug-likeness (QED) is 0.0409. The van der Waals surface area contributed by atoms with Crippen molar-refractivity contribution in [2.45, 2.75) is 287 Å². The molecule has 27 nitrogen and oxygen atoms in total. The van der Waals surface area contributed by atoms with Gasteiger partial charge in [0.15, 0.2) is 5.82 Å². The van der Waals surface area contributed by atoms with E-state index in [0.29, 0.717) is 29.4 Å². The number of likely N-dealkylation sites (N-methyl/N-ethyl adjacent to an activating group) is 4. The van der Waals surface area contributed by atoms with Crippen molar-refractivity contribution >= 4 is 47.1 Å². The van der Waals surface area contributed by atoms with Crippen LogP contribution in [0.15, 0.2) is 54.9 Å². The number of rotatable bonds is 24. The standard InChI is InChI=1S/C18H24N6.C17H24N6.C16H23N7.C15H22N8.4C7H16/c1-23-6-8-24(9-7-23)17-11-16(21-18(19)22-17)15-10-13-4-2-3-5-14(13)12-20-15;1-21-6-8-22(9-7-21)16-11-15(19-17(18)20-16)13-10-14-4-2-3-5-23(14)12-13;1-21-6-8-22(9-7-21)15-11-13(18-16(17)19-15)14-10-12-4-2-3-5-23(12)20-14;1-21-6-8-22(9-7-21)13-10-11(17-15(16)19-13)14-18-12-4-2-3-5-23(12)20-14;4*1-3-5-7-6-4-2/h10-12H,2-9H2,1H3,(H2,19,21,22);10-12H,2-9H2,1H3,(H2,18,19,20);10-11H,2-9H2,1H3,(H2,17,18,19);10H,2-9H2,1H3,(H2,16,17,19);4*3-7H2,1-2H3. The molecule has 16 rings (SSSR count). The van der Waals surface area contributed by atoms with Gasteiger partial charge >= 0.3 is 0 Å². The minimum atomic E-state index is 0.282. The lowest BCUT2D eigenvalue weighted by Gasteiger charge is -2.33. The zero-order valence-corrected chi connectivity index (χ0v) is 77.1. The van der Waals surface area contributed by atoms with Gasteiger partial charge in [-0.3, -0.25) is 9.67 Å². The van der Waals surface area contributed by atoms with Crippen LogP contribution in [-0.2, 0) is 51.7 Å². The van der Waals surface area contributed by atoms with E-state index in [0.717, 1.165) is 226 Å². The van der Waals surface area contributed by atoms with Crippen LogP contribution in [0, 0.1) is 0 Å². The third-order valence-corrected chi connectivity index (χ3v) is 24.1. The molecule has 668 valence electrons. The van der Waals surface area contributed by atoms with E-state index in [-0.39, 0.29) is 5.95 Å². The van der Waals surface area contributed by atoms with Crippen LogP contribution in [-0.4, -0.2) is 226 Å². The number of aryl methyl sites for hydroxylation is 8. The molecule has 8 N–H and O–H groups in total. The topological polar surface area (TPSA) is 299 Å². The molecule has 0 saturated carbocycles. The normalized spacial score (nSPS) is 16.6. The smallest absolute Gasteiger partial charge is 0.222 e. The lowest BCUT2D eigenvalue weighted by Crippen LogP contribution is -2.44. The Bertz CT molecular complexity index is 3800. The van der Waals surface area contributed by atoms with Gasteiger partial charge in [0.25, 0.3) is 0 Å².